The van der Waals surface area contributed by atoms with E-state index in [0.29, 0.717) is 16.5 Å². The molecule has 0 radical (unpaired) electrons. The van der Waals surface area contributed by atoms with Crippen molar-refractivity contribution in [1.82, 2.24) is 0 Å². The highest BCUT2D eigenvalue weighted by molar-refractivity contribution is 6.53. The molecule has 3 rings (SSSR count). The summed E-state index contributed by atoms with van der Waals surface area (Å²) < 4.78 is 14.6. The minimum atomic E-state index is -3.31. The Morgan fingerprint density at radius 1 is 1.12 bits per heavy atom. The lowest BCUT2D eigenvalue weighted by Crippen LogP contribution is -2.45. The highest BCUT2D eigenvalue weighted by Gasteiger charge is 2.35. The minimum Gasteiger partial charge on any atom is -0.632 e. The minimum absolute atomic E-state index is 0.135. The average Bonchev–Trinajstić information content (AvgIpc) is 2.48. The fourth-order valence-corrected chi connectivity index (χ4v) is 1.87. The van der Waals surface area contributed by atoms with Crippen LogP contribution in [0.25, 0.3) is 11.0 Å². The van der Waals surface area contributed by atoms with Crippen molar-refractivity contribution in [2.24, 2.45) is 0 Å². The number of fused-ring (bicyclic) bond motifs is 2. The van der Waals surface area contributed by atoms with Crippen LogP contribution in [0.15, 0.2) is 27.4 Å². The molecule has 1 aromatic heterocycles. The molecule has 2 aromatic rings. The van der Waals surface area contributed by atoms with Gasteiger partial charge in [0.05, 0.1) is 0 Å². The van der Waals surface area contributed by atoms with Crippen LogP contribution in [0.3, 0.4) is 0 Å². The molecule has 0 saturated carbocycles. The van der Waals surface area contributed by atoms with Crippen LogP contribution < -0.4 is 14.9 Å². The number of hydrogen-bond acceptors (Lipinski definition) is 6. The van der Waals surface area contributed by atoms with E-state index in [-0.39, 0.29) is 11.5 Å². The molecule has 0 aliphatic carbocycles. The Bertz CT molecular complexity index is 674. The Hall–Kier alpha value is -1.99. The van der Waals surface area contributed by atoms with Crippen molar-refractivity contribution in [2.75, 3.05) is 0 Å². The van der Waals surface area contributed by atoms with Gasteiger partial charge in [0.15, 0.2) is 0 Å². The molecule has 1 aliphatic heterocycles. The molecule has 0 spiro atoms. The van der Waals surface area contributed by atoms with Crippen molar-refractivity contribution in [2.45, 2.75) is 6.92 Å². The van der Waals surface area contributed by atoms with Gasteiger partial charge in [-0.1, -0.05) is 0 Å². The summed E-state index contributed by atoms with van der Waals surface area (Å²) in [4.78, 5) is 11.2. The predicted octanol–water partition coefficient (Wildman–Crippen LogP) is 0.293. The van der Waals surface area contributed by atoms with Gasteiger partial charge in [0.1, 0.15) is 17.1 Å². The molecule has 6 nitrogen and oxygen atoms in total. The molecule has 2 heterocycles. The normalized spacial score (nSPS) is 16.4. The van der Waals surface area contributed by atoms with Gasteiger partial charge in [-0.2, -0.15) is 0 Å². The largest absolute Gasteiger partial charge is 0.647 e. The molecule has 0 unspecified atom stereocenters. The van der Waals surface area contributed by atoms with Gasteiger partial charge in [-0.3, -0.25) is 0 Å². The van der Waals surface area contributed by atoms with E-state index < -0.39 is 12.6 Å². The van der Waals surface area contributed by atoms with Gasteiger partial charge >= 0.3 is 12.6 Å². The summed E-state index contributed by atoms with van der Waals surface area (Å²) in [6, 6.07) is 4.29. The van der Waals surface area contributed by atoms with Crippen LogP contribution in [-0.2, 0) is 0 Å². The molecule has 17 heavy (non-hydrogen) atoms. The molecule has 0 fully saturated rings. The summed E-state index contributed by atoms with van der Waals surface area (Å²) in [5.74, 6) is 0.343. The van der Waals surface area contributed by atoms with E-state index in [1.807, 2.05) is 0 Å². The van der Waals surface area contributed by atoms with E-state index in [9.17, 15) is 14.8 Å². The highest BCUT2D eigenvalue weighted by atomic mass is 16.8. The van der Waals surface area contributed by atoms with Gasteiger partial charge < -0.3 is 23.8 Å². The first-order valence-corrected chi connectivity index (χ1v) is 4.99. The van der Waals surface area contributed by atoms with E-state index >= 15 is 0 Å². The van der Waals surface area contributed by atoms with E-state index in [0.717, 1.165) is 0 Å². The van der Waals surface area contributed by atoms with E-state index in [2.05, 4.69) is 0 Å². The monoisotopic (exact) mass is 235 g/mol. The molecule has 2 N–H and O–H groups in total. The fourth-order valence-electron chi connectivity index (χ4n) is 1.87. The molecule has 1 aromatic carbocycles. The Balaban J connectivity index is 2.30. The summed E-state index contributed by atoms with van der Waals surface area (Å²) in [6.45, 7) is -1.56. The van der Waals surface area contributed by atoms with E-state index in [1.54, 1.807) is 13.0 Å². The first-order chi connectivity index (χ1) is 7.94. The van der Waals surface area contributed by atoms with Crippen molar-refractivity contribution in [3.05, 3.63) is 34.2 Å². The van der Waals surface area contributed by atoms with Crippen LogP contribution in [0.4, 0.5) is 0 Å². The molecular formula is C10H8BO6-. The van der Waals surface area contributed by atoms with Gasteiger partial charge in [-0.25, -0.2) is 4.79 Å². The Kier molecular flexibility index (Phi) is 1.81. The number of aryl methyl sites for hydroxylation is 1. The lowest BCUT2D eigenvalue weighted by Gasteiger charge is -2.20. The quantitative estimate of drug-likeness (QED) is 0.504. The zero-order chi connectivity index (χ0) is 12.2. The molecule has 88 valence electrons. The van der Waals surface area contributed by atoms with Crippen molar-refractivity contribution >= 4 is 17.9 Å². The number of rotatable bonds is 0. The summed E-state index contributed by atoms with van der Waals surface area (Å²) in [7, 11) is 0. The maximum absolute atomic E-state index is 11.2. The SMILES string of the molecule is Cc1cc(=O)oc2cc3c(cc12)O[B-](O)(O)O3. The molecule has 0 bridgehead atoms. The standard InChI is InChI=1S/C10H8BO6/c1-5-2-10(12)15-7-4-9-8(3-6(5)7)16-11(13,14)17-9/h2-4,13-14H,1H3/q-1. The van der Waals surface area contributed by atoms with Crippen LogP contribution >= 0.6 is 0 Å². The number of hydrogen-bond donors (Lipinski definition) is 2. The van der Waals surface area contributed by atoms with Crippen LogP contribution in [0.2, 0.25) is 0 Å². The second-order valence-electron chi connectivity index (χ2n) is 3.91. The van der Waals surface area contributed by atoms with Gasteiger partial charge in [-0.05, 0) is 18.6 Å². The van der Waals surface area contributed by atoms with Gasteiger partial charge in [-0.15, -0.1) is 0 Å². The van der Waals surface area contributed by atoms with Crippen molar-refractivity contribution in [3.63, 3.8) is 0 Å². The smallest absolute Gasteiger partial charge is 0.632 e. The second-order valence-corrected chi connectivity index (χ2v) is 3.91. The molecule has 7 heteroatoms. The van der Waals surface area contributed by atoms with Crippen LogP contribution in [0.5, 0.6) is 11.5 Å². The van der Waals surface area contributed by atoms with E-state index in [1.165, 1.54) is 12.1 Å². The van der Waals surface area contributed by atoms with Crippen LogP contribution in [0.1, 0.15) is 5.56 Å². The van der Waals surface area contributed by atoms with Gasteiger partial charge in [0.25, 0.3) is 0 Å². The fraction of sp³-hybridized carbons (Fsp3) is 0.100. The summed E-state index contributed by atoms with van der Waals surface area (Å²) in [6.07, 6.45) is 0. The third-order valence-electron chi connectivity index (χ3n) is 2.58. The van der Waals surface area contributed by atoms with Crippen LogP contribution in [-0.4, -0.2) is 17.0 Å². The van der Waals surface area contributed by atoms with Crippen LogP contribution in [0, 0.1) is 6.92 Å². The van der Waals surface area contributed by atoms with Gasteiger partial charge in [0, 0.05) is 17.5 Å². The zero-order valence-corrected chi connectivity index (χ0v) is 8.84. The first-order valence-electron chi connectivity index (χ1n) is 4.99. The maximum atomic E-state index is 11.2. The van der Waals surface area contributed by atoms with Crippen molar-refractivity contribution in [3.8, 4) is 11.5 Å². The third kappa shape index (κ3) is 1.56. The maximum Gasteiger partial charge on any atom is 0.647 e. The molecular weight excluding hydrogens is 227 g/mol. The predicted molar refractivity (Wildman–Crippen MR) is 58.7 cm³/mol. The Morgan fingerprint density at radius 2 is 1.76 bits per heavy atom. The summed E-state index contributed by atoms with van der Waals surface area (Å²) in [5, 5.41) is 19.1. The lowest BCUT2D eigenvalue weighted by atomic mass is 10.1. The molecule has 1 aliphatic rings. The van der Waals surface area contributed by atoms with Crippen molar-refractivity contribution in [1.29, 1.82) is 0 Å². The molecule has 0 saturated heterocycles. The average molecular weight is 235 g/mol. The topological polar surface area (TPSA) is 89.1 Å². The first kappa shape index (κ1) is 10.2. The number of benzene rings is 1. The summed E-state index contributed by atoms with van der Waals surface area (Å²) in [5.41, 5.74) is 0.549. The second kappa shape index (κ2) is 3.02. The van der Waals surface area contributed by atoms with Gasteiger partial charge in [0.2, 0.25) is 0 Å². The lowest BCUT2D eigenvalue weighted by molar-refractivity contribution is 0.167. The van der Waals surface area contributed by atoms with Crippen molar-refractivity contribution < 1.29 is 23.8 Å². The zero-order valence-electron chi connectivity index (χ0n) is 8.84. The molecule has 0 atom stereocenters. The highest BCUT2D eigenvalue weighted by Crippen LogP contribution is 2.39. The molecule has 0 amide bonds. The third-order valence-corrected chi connectivity index (χ3v) is 2.58. The Labute approximate surface area is 95.1 Å². The van der Waals surface area contributed by atoms with E-state index in [4.69, 9.17) is 13.7 Å². The Morgan fingerprint density at radius 3 is 2.47 bits per heavy atom. The summed E-state index contributed by atoms with van der Waals surface area (Å²) >= 11 is 0.